The Morgan fingerprint density at radius 1 is 1.12 bits per heavy atom. The van der Waals surface area contributed by atoms with Gasteiger partial charge in [-0.2, -0.15) is 0 Å². The molecule has 2 aromatic carbocycles. The number of hydrogen-bond acceptors (Lipinski definition) is 13. The Labute approximate surface area is 241 Å². The predicted molar refractivity (Wildman–Crippen MR) is 145 cm³/mol. The van der Waals surface area contributed by atoms with Crippen molar-refractivity contribution in [2.75, 3.05) is 20.3 Å². The average molecular weight is 590 g/mol. The molecule has 6 atom stereocenters. The van der Waals surface area contributed by atoms with E-state index in [1.807, 2.05) is 0 Å². The van der Waals surface area contributed by atoms with Gasteiger partial charge < -0.3 is 50.6 Å². The van der Waals surface area contributed by atoms with Crippen LogP contribution >= 0.6 is 0 Å². The number of aromatic hydroxyl groups is 2. The largest absolute Gasteiger partial charge is 0.507 e. The third-order valence-electron chi connectivity index (χ3n) is 7.81. The first kappa shape index (κ1) is 31.5. The molecule has 1 heterocycles. The van der Waals surface area contributed by atoms with E-state index in [2.05, 4.69) is 0 Å². The Morgan fingerprint density at radius 3 is 2.36 bits per heavy atom. The minimum absolute atomic E-state index is 0.0173. The number of phenols is 2. The van der Waals surface area contributed by atoms with E-state index in [1.165, 1.54) is 25.3 Å². The molecule has 0 amide bonds. The van der Waals surface area contributed by atoms with Crippen LogP contribution in [0, 0.1) is 0 Å². The molecule has 0 unspecified atom stereocenters. The quantitative estimate of drug-likeness (QED) is 0.195. The summed E-state index contributed by atoms with van der Waals surface area (Å²) in [5, 5.41) is 61.3. The van der Waals surface area contributed by atoms with Crippen molar-refractivity contribution in [3.8, 4) is 17.2 Å². The first-order valence-electron chi connectivity index (χ1n) is 13.4. The Balaban J connectivity index is 0.00000129. The van der Waals surface area contributed by atoms with Crippen molar-refractivity contribution < 1.29 is 59.2 Å². The van der Waals surface area contributed by atoms with E-state index in [9.17, 15) is 39.9 Å². The zero-order chi connectivity index (χ0) is 31.1. The second-order valence-corrected chi connectivity index (χ2v) is 10.5. The van der Waals surface area contributed by atoms with Crippen LogP contribution < -0.4 is 10.5 Å². The number of ketones is 3. The summed E-state index contributed by atoms with van der Waals surface area (Å²) in [6, 6.07) is 3.64. The lowest BCUT2D eigenvalue weighted by molar-refractivity contribution is -0.247. The number of phenolic OH excluding ortho intramolecular Hbond substituents is 2. The number of hydrogen-bond donors (Lipinski definition) is 7. The van der Waals surface area contributed by atoms with E-state index in [1.54, 1.807) is 13.8 Å². The molecule has 228 valence electrons. The SMILES string of the molecule is CCO.COc1cccc2c1C(=O)c1c(O)c3c(c(O)c1C2=O)C[C@@](O)(C(=O)CO)C[C@@H]3O[C@H]1C[C@H](N)[C@H](O)[C@H](C)O1. The summed E-state index contributed by atoms with van der Waals surface area (Å²) in [6.45, 7) is 2.49. The highest BCUT2D eigenvalue weighted by Crippen LogP contribution is 2.52. The van der Waals surface area contributed by atoms with Crippen LogP contribution in [0.15, 0.2) is 18.2 Å². The third kappa shape index (κ3) is 5.17. The zero-order valence-electron chi connectivity index (χ0n) is 23.4. The van der Waals surface area contributed by atoms with Gasteiger partial charge in [0.1, 0.15) is 29.5 Å². The Morgan fingerprint density at radius 2 is 1.76 bits per heavy atom. The first-order valence-corrected chi connectivity index (χ1v) is 13.4. The van der Waals surface area contributed by atoms with Gasteiger partial charge in [-0.05, 0) is 19.9 Å². The molecule has 5 rings (SSSR count). The molecule has 1 saturated heterocycles. The molecule has 0 bridgehead atoms. The van der Waals surface area contributed by atoms with Crippen LogP contribution in [0.2, 0.25) is 0 Å². The van der Waals surface area contributed by atoms with E-state index in [4.69, 9.17) is 25.1 Å². The maximum atomic E-state index is 13.6. The summed E-state index contributed by atoms with van der Waals surface area (Å²) in [4.78, 5) is 39.7. The lowest BCUT2D eigenvalue weighted by Crippen LogP contribution is -2.53. The van der Waals surface area contributed by atoms with Crippen molar-refractivity contribution >= 4 is 17.3 Å². The molecule has 0 saturated carbocycles. The maximum Gasteiger partial charge on any atom is 0.202 e. The van der Waals surface area contributed by atoms with Crippen molar-refractivity contribution in [2.24, 2.45) is 5.73 Å². The van der Waals surface area contributed by atoms with Gasteiger partial charge in [-0.25, -0.2) is 0 Å². The van der Waals surface area contributed by atoms with Crippen LogP contribution in [-0.2, 0) is 20.7 Å². The molecule has 13 nitrogen and oxygen atoms in total. The number of carbonyl (C=O) groups is 3. The number of rotatable bonds is 5. The summed E-state index contributed by atoms with van der Waals surface area (Å²) in [6.07, 6.45) is -5.12. The smallest absolute Gasteiger partial charge is 0.202 e. The predicted octanol–water partition coefficient (Wildman–Crippen LogP) is -0.000100. The zero-order valence-corrected chi connectivity index (χ0v) is 23.4. The number of Topliss-reactive ketones (excluding diaryl/α,β-unsaturated/α-hetero) is 1. The normalized spacial score (nSPS) is 28.1. The minimum Gasteiger partial charge on any atom is -0.507 e. The Hall–Kier alpha value is -3.43. The number of aliphatic hydroxyl groups is 4. The summed E-state index contributed by atoms with van der Waals surface area (Å²) < 4.78 is 17.0. The number of benzene rings is 2. The number of fused-ring (bicyclic) bond motifs is 3. The lowest BCUT2D eigenvalue weighted by atomic mass is 9.72. The molecule has 2 aliphatic carbocycles. The molecule has 42 heavy (non-hydrogen) atoms. The summed E-state index contributed by atoms with van der Waals surface area (Å²) in [5.41, 5.74) is 2.37. The van der Waals surface area contributed by atoms with Gasteiger partial charge in [0.15, 0.2) is 17.9 Å². The van der Waals surface area contributed by atoms with Crippen molar-refractivity contribution in [2.45, 2.75) is 69.4 Å². The summed E-state index contributed by atoms with van der Waals surface area (Å²) in [7, 11) is 1.32. The molecule has 1 aliphatic heterocycles. The van der Waals surface area contributed by atoms with Crippen molar-refractivity contribution in [1.82, 2.24) is 0 Å². The molecule has 8 N–H and O–H groups in total. The molecule has 1 fully saturated rings. The van der Waals surface area contributed by atoms with E-state index in [0.717, 1.165) is 0 Å². The number of ether oxygens (including phenoxy) is 3. The van der Waals surface area contributed by atoms with Crippen LogP contribution in [0.1, 0.15) is 75.8 Å². The van der Waals surface area contributed by atoms with Crippen LogP contribution in [0.5, 0.6) is 17.2 Å². The topological polar surface area (TPSA) is 226 Å². The highest BCUT2D eigenvalue weighted by molar-refractivity contribution is 6.31. The van der Waals surface area contributed by atoms with Gasteiger partial charge in [-0.3, -0.25) is 14.4 Å². The van der Waals surface area contributed by atoms with Crippen LogP contribution in [0.4, 0.5) is 0 Å². The van der Waals surface area contributed by atoms with Crippen molar-refractivity contribution in [1.29, 1.82) is 0 Å². The minimum atomic E-state index is -2.24. The average Bonchev–Trinajstić information content (AvgIpc) is 2.95. The fourth-order valence-corrected chi connectivity index (χ4v) is 5.75. The second-order valence-electron chi connectivity index (χ2n) is 10.5. The van der Waals surface area contributed by atoms with Gasteiger partial charge in [0, 0.05) is 48.6 Å². The number of aliphatic hydroxyl groups excluding tert-OH is 3. The van der Waals surface area contributed by atoms with Gasteiger partial charge in [0.25, 0.3) is 0 Å². The van der Waals surface area contributed by atoms with E-state index < -0.39 is 95.7 Å². The number of methoxy groups -OCH3 is 1. The van der Waals surface area contributed by atoms with Gasteiger partial charge in [-0.1, -0.05) is 12.1 Å². The van der Waals surface area contributed by atoms with E-state index in [-0.39, 0.29) is 41.0 Å². The number of carbonyl (C=O) groups excluding carboxylic acids is 3. The molecule has 3 aliphatic rings. The molecular formula is C29H35NO12. The van der Waals surface area contributed by atoms with Crippen LogP contribution in [0.25, 0.3) is 0 Å². The molecule has 0 spiro atoms. The van der Waals surface area contributed by atoms with Gasteiger partial charge >= 0.3 is 0 Å². The van der Waals surface area contributed by atoms with Gasteiger partial charge in [0.2, 0.25) is 5.78 Å². The highest BCUT2D eigenvalue weighted by atomic mass is 16.7. The standard InChI is InChI=1S/C27H29NO11.C2H6O/c1-10-22(31)13(28)6-17(38-10)39-15-8-27(36,16(30)9-29)7-12-19(15)26(35)21-20(24(12)33)23(32)11-4-3-5-14(37-2)18(11)25(21)34;1-2-3/h3-5,10,13,15,17,22,29,31,33,35-36H,6-9,28H2,1-2H3;3H,2H2,1H3/t10-,13-,15-,17-,22+,27-;/m0./s1. The van der Waals surface area contributed by atoms with Crippen LogP contribution in [0.3, 0.4) is 0 Å². The molecule has 13 heteroatoms. The van der Waals surface area contributed by atoms with Crippen LogP contribution in [-0.4, -0.2) is 98.5 Å². The summed E-state index contributed by atoms with van der Waals surface area (Å²) in [5.74, 6) is -3.77. The molecule has 0 radical (unpaired) electrons. The molecular weight excluding hydrogens is 554 g/mol. The molecule has 0 aromatic heterocycles. The number of nitrogens with two attached hydrogens (primary N) is 1. The molecule has 2 aromatic rings. The van der Waals surface area contributed by atoms with Gasteiger partial charge in [0.05, 0.1) is 42.1 Å². The van der Waals surface area contributed by atoms with Crippen molar-refractivity contribution in [3.63, 3.8) is 0 Å². The van der Waals surface area contributed by atoms with E-state index >= 15 is 0 Å². The first-order chi connectivity index (χ1) is 19.8. The maximum absolute atomic E-state index is 13.6. The third-order valence-corrected chi connectivity index (χ3v) is 7.81. The fourth-order valence-electron chi connectivity index (χ4n) is 5.75. The Bertz CT molecular complexity index is 1400. The van der Waals surface area contributed by atoms with E-state index in [0.29, 0.717) is 0 Å². The monoisotopic (exact) mass is 589 g/mol. The highest BCUT2D eigenvalue weighted by Gasteiger charge is 2.50. The Kier molecular flexibility index (Phi) is 9.04. The lowest BCUT2D eigenvalue weighted by Gasteiger charge is -2.42. The second kappa shape index (κ2) is 12.1. The van der Waals surface area contributed by atoms with Crippen molar-refractivity contribution in [3.05, 3.63) is 51.6 Å². The summed E-state index contributed by atoms with van der Waals surface area (Å²) >= 11 is 0. The fraction of sp³-hybridized carbons (Fsp3) is 0.483. The van der Waals surface area contributed by atoms with Gasteiger partial charge in [-0.15, -0.1) is 0 Å².